The van der Waals surface area contributed by atoms with Crippen molar-refractivity contribution in [3.05, 3.63) is 0 Å². The van der Waals surface area contributed by atoms with Crippen LogP contribution in [0.5, 0.6) is 0 Å². The molecule has 1 atom stereocenters. The Labute approximate surface area is 94.0 Å². The molecule has 0 heterocycles. The maximum atomic E-state index is 11.3. The summed E-state index contributed by atoms with van der Waals surface area (Å²) in [6, 6.07) is 0.0419. The molecule has 5 heteroatoms. The highest BCUT2D eigenvalue weighted by Crippen LogP contribution is 1.94. The second kappa shape index (κ2) is 7.19. The van der Waals surface area contributed by atoms with E-state index in [2.05, 4.69) is 24.2 Å². The molecule has 0 aromatic carbocycles. The minimum Gasteiger partial charge on any atom is -0.312 e. The van der Waals surface area contributed by atoms with Gasteiger partial charge in [0, 0.05) is 24.9 Å². The Kier molecular flexibility index (Phi) is 7.13. The van der Waals surface area contributed by atoms with E-state index in [1.165, 1.54) is 0 Å². The molecule has 0 aromatic rings. The van der Waals surface area contributed by atoms with Crippen molar-refractivity contribution in [3.8, 4) is 0 Å². The molecule has 1 unspecified atom stereocenters. The van der Waals surface area contributed by atoms with Crippen LogP contribution in [-0.2, 0) is 9.84 Å². The second-order valence-electron chi connectivity index (χ2n) is 3.95. The van der Waals surface area contributed by atoms with Crippen LogP contribution < -0.4 is 5.32 Å². The number of nitrogens with one attached hydrogen (secondary N) is 1. The fourth-order valence-electron chi connectivity index (χ4n) is 1.22. The fraction of sp³-hybridized carbons (Fsp3) is 1.00. The van der Waals surface area contributed by atoms with Gasteiger partial charge in [-0.1, -0.05) is 13.8 Å². The van der Waals surface area contributed by atoms with Crippen LogP contribution in [0, 0.1) is 0 Å². The number of hydrogen-bond donors (Lipinski definition) is 1. The van der Waals surface area contributed by atoms with Crippen LogP contribution in [0.15, 0.2) is 0 Å². The van der Waals surface area contributed by atoms with Gasteiger partial charge in [0.15, 0.2) is 9.84 Å². The number of sulfone groups is 1. The van der Waals surface area contributed by atoms with Gasteiger partial charge >= 0.3 is 0 Å². The average molecular weight is 236 g/mol. The van der Waals surface area contributed by atoms with Gasteiger partial charge in [-0.3, -0.25) is 0 Å². The second-order valence-corrected chi connectivity index (χ2v) is 6.35. The van der Waals surface area contributed by atoms with Crippen LogP contribution in [-0.4, -0.2) is 57.5 Å². The summed E-state index contributed by atoms with van der Waals surface area (Å²) in [5.74, 6) is 0.465. The van der Waals surface area contributed by atoms with E-state index in [1.807, 2.05) is 6.92 Å². The first-order valence-electron chi connectivity index (χ1n) is 5.53. The van der Waals surface area contributed by atoms with Crippen molar-refractivity contribution in [2.45, 2.75) is 26.8 Å². The predicted octanol–water partition coefficient (Wildman–Crippen LogP) is 0.351. The zero-order chi connectivity index (χ0) is 11.9. The maximum Gasteiger partial charge on any atom is 0.151 e. The molecule has 0 radical (unpaired) electrons. The molecule has 15 heavy (non-hydrogen) atoms. The molecular formula is C10H24N2O2S. The van der Waals surface area contributed by atoms with Crippen LogP contribution in [0.25, 0.3) is 0 Å². The Bertz CT molecular complexity index is 252. The van der Waals surface area contributed by atoms with Crippen molar-refractivity contribution >= 4 is 9.84 Å². The van der Waals surface area contributed by atoms with Crippen molar-refractivity contribution in [1.82, 2.24) is 10.2 Å². The molecule has 0 aliphatic heterocycles. The Balaban J connectivity index is 3.71. The zero-order valence-corrected chi connectivity index (χ0v) is 11.1. The summed E-state index contributed by atoms with van der Waals surface area (Å²) >= 11 is 0. The SMILES string of the molecule is CCN(C)CCNC(C)CS(=O)(=O)CC. The number of likely N-dealkylation sites (N-methyl/N-ethyl adjacent to an activating group) is 1. The molecule has 92 valence electrons. The molecule has 0 rings (SSSR count). The molecule has 0 aromatic heterocycles. The van der Waals surface area contributed by atoms with Gasteiger partial charge < -0.3 is 10.2 Å². The first kappa shape index (κ1) is 14.9. The van der Waals surface area contributed by atoms with Crippen LogP contribution in [0.3, 0.4) is 0 Å². The van der Waals surface area contributed by atoms with Crippen LogP contribution in [0.1, 0.15) is 20.8 Å². The lowest BCUT2D eigenvalue weighted by atomic mass is 10.4. The van der Waals surface area contributed by atoms with Crippen LogP contribution in [0.2, 0.25) is 0 Å². The standard InChI is InChI=1S/C10H24N2O2S/c1-5-12(4)8-7-11-10(3)9-15(13,14)6-2/h10-11H,5-9H2,1-4H3. The van der Waals surface area contributed by atoms with E-state index in [4.69, 9.17) is 0 Å². The van der Waals surface area contributed by atoms with E-state index in [0.29, 0.717) is 0 Å². The Morgan fingerprint density at radius 1 is 1.33 bits per heavy atom. The van der Waals surface area contributed by atoms with Gasteiger partial charge in [0.25, 0.3) is 0 Å². The molecule has 0 saturated carbocycles. The first-order valence-corrected chi connectivity index (χ1v) is 7.35. The van der Waals surface area contributed by atoms with E-state index in [0.717, 1.165) is 19.6 Å². The van der Waals surface area contributed by atoms with Crippen molar-refractivity contribution < 1.29 is 8.42 Å². The lowest BCUT2D eigenvalue weighted by molar-refractivity contribution is 0.344. The Morgan fingerprint density at radius 2 is 1.93 bits per heavy atom. The molecule has 0 spiro atoms. The lowest BCUT2D eigenvalue weighted by Crippen LogP contribution is -2.38. The van der Waals surface area contributed by atoms with Crippen molar-refractivity contribution in [3.63, 3.8) is 0 Å². The highest BCUT2D eigenvalue weighted by atomic mass is 32.2. The summed E-state index contributed by atoms with van der Waals surface area (Å²) in [7, 11) is -0.800. The number of nitrogens with zero attached hydrogens (tertiary/aromatic N) is 1. The van der Waals surface area contributed by atoms with E-state index in [-0.39, 0.29) is 17.5 Å². The molecule has 1 N–H and O–H groups in total. The molecule has 0 bridgehead atoms. The van der Waals surface area contributed by atoms with Gasteiger partial charge in [0.2, 0.25) is 0 Å². The molecule has 0 saturated heterocycles. The van der Waals surface area contributed by atoms with E-state index >= 15 is 0 Å². The molecule has 0 aliphatic carbocycles. The number of hydrogen-bond acceptors (Lipinski definition) is 4. The van der Waals surface area contributed by atoms with Crippen molar-refractivity contribution in [1.29, 1.82) is 0 Å². The summed E-state index contributed by atoms with van der Waals surface area (Å²) in [5, 5.41) is 3.22. The van der Waals surface area contributed by atoms with Crippen LogP contribution >= 0.6 is 0 Å². The van der Waals surface area contributed by atoms with Gasteiger partial charge in [-0.05, 0) is 20.5 Å². The average Bonchev–Trinajstić information content (AvgIpc) is 2.16. The quantitative estimate of drug-likeness (QED) is 0.661. The van der Waals surface area contributed by atoms with E-state index in [9.17, 15) is 8.42 Å². The molecular weight excluding hydrogens is 212 g/mol. The van der Waals surface area contributed by atoms with Gasteiger partial charge in [-0.25, -0.2) is 8.42 Å². The van der Waals surface area contributed by atoms with E-state index < -0.39 is 9.84 Å². The topological polar surface area (TPSA) is 49.4 Å². The molecule has 0 amide bonds. The van der Waals surface area contributed by atoms with Crippen molar-refractivity contribution in [2.75, 3.05) is 38.2 Å². The molecule has 0 fully saturated rings. The van der Waals surface area contributed by atoms with Crippen molar-refractivity contribution in [2.24, 2.45) is 0 Å². The summed E-state index contributed by atoms with van der Waals surface area (Å²) in [5.41, 5.74) is 0. The molecule has 4 nitrogen and oxygen atoms in total. The third-order valence-electron chi connectivity index (χ3n) is 2.47. The zero-order valence-electron chi connectivity index (χ0n) is 10.3. The highest BCUT2D eigenvalue weighted by Gasteiger charge is 2.12. The highest BCUT2D eigenvalue weighted by molar-refractivity contribution is 7.91. The Morgan fingerprint density at radius 3 is 2.40 bits per heavy atom. The summed E-state index contributed by atoms with van der Waals surface area (Å²) in [6.07, 6.45) is 0. The first-order chi connectivity index (χ1) is 6.91. The smallest absolute Gasteiger partial charge is 0.151 e. The summed E-state index contributed by atoms with van der Waals surface area (Å²) in [6.45, 7) is 8.51. The monoisotopic (exact) mass is 236 g/mol. The number of rotatable bonds is 8. The minimum absolute atomic E-state index is 0.0419. The minimum atomic E-state index is -2.85. The predicted molar refractivity (Wildman–Crippen MR) is 65.0 cm³/mol. The third-order valence-corrected chi connectivity index (χ3v) is 4.36. The summed E-state index contributed by atoms with van der Waals surface area (Å²) < 4.78 is 22.6. The maximum absolute atomic E-state index is 11.3. The fourth-order valence-corrected chi connectivity index (χ4v) is 2.33. The molecule has 0 aliphatic rings. The lowest BCUT2D eigenvalue weighted by Gasteiger charge is -2.17. The van der Waals surface area contributed by atoms with E-state index in [1.54, 1.807) is 6.92 Å². The Hall–Kier alpha value is -0.130. The van der Waals surface area contributed by atoms with Gasteiger partial charge in [-0.2, -0.15) is 0 Å². The van der Waals surface area contributed by atoms with Gasteiger partial charge in [0.1, 0.15) is 0 Å². The third kappa shape index (κ3) is 7.76. The van der Waals surface area contributed by atoms with Gasteiger partial charge in [0.05, 0.1) is 5.75 Å². The summed E-state index contributed by atoms with van der Waals surface area (Å²) in [4.78, 5) is 2.19. The van der Waals surface area contributed by atoms with Gasteiger partial charge in [-0.15, -0.1) is 0 Å². The normalized spacial score (nSPS) is 14.5. The van der Waals surface area contributed by atoms with Crippen LogP contribution in [0.4, 0.5) is 0 Å². The largest absolute Gasteiger partial charge is 0.312 e.